The molecule has 0 radical (unpaired) electrons. The van der Waals surface area contributed by atoms with Gasteiger partial charge in [0.25, 0.3) is 5.82 Å². The maximum atomic E-state index is 13.2. The van der Waals surface area contributed by atoms with Crippen LogP contribution in [0.5, 0.6) is 0 Å². The van der Waals surface area contributed by atoms with Crippen LogP contribution in [0.4, 0.5) is 19.0 Å². The van der Waals surface area contributed by atoms with Crippen LogP contribution < -0.4 is 9.88 Å². The van der Waals surface area contributed by atoms with Crippen LogP contribution in [0.25, 0.3) is 11.5 Å². The molecule has 1 fully saturated rings. The third-order valence-electron chi connectivity index (χ3n) is 4.98. The number of hydrogen-bond donors (Lipinski definition) is 0. The molecule has 0 aliphatic carbocycles. The van der Waals surface area contributed by atoms with E-state index in [4.69, 9.17) is 4.42 Å². The van der Waals surface area contributed by atoms with Crippen molar-refractivity contribution in [1.29, 1.82) is 0 Å². The zero-order chi connectivity index (χ0) is 22.6. The van der Waals surface area contributed by atoms with Crippen LogP contribution in [-0.2, 0) is 11.0 Å². The lowest BCUT2D eigenvalue weighted by Gasteiger charge is -2.31. The van der Waals surface area contributed by atoms with Crippen molar-refractivity contribution in [3.63, 3.8) is 0 Å². The normalized spacial score (nSPS) is 14.6. The van der Waals surface area contributed by atoms with Crippen LogP contribution in [0, 0.1) is 0 Å². The number of carbonyl (C=O) groups is 1. The van der Waals surface area contributed by atoms with Crippen molar-refractivity contribution in [2.24, 2.45) is 0 Å². The van der Waals surface area contributed by atoms with Gasteiger partial charge in [0.05, 0.1) is 25.5 Å². The number of anilines is 1. The summed E-state index contributed by atoms with van der Waals surface area (Å²) in [6.45, 7) is 2.61. The lowest BCUT2D eigenvalue weighted by molar-refractivity contribution is -0.364. The first-order valence-corrected chi connectivity index (χ1v) is 11.0. The van der Waals surface area contributed by atoms with Gasteiger partial charge in [-0.05, 0) is 24.3 Å². The Hall–Kier alpha value is -3.08. The van der Waals surface area contributed by atoms with Gasteiger partial charge in [-0.1, -0.05) is 17.8 Å². The van der Waals surface area contributed by atoms with Gasteiger partial charge in [-0.3, -0.25) is 9.69 Å². The van der Waals surface area contributed by atoms with Crippen LogP contribution in [0.3, 0.4) is 0 Å². The summed E-state index contributed by atoms with van der Waals surface area (Å²) >= 11 is 1.03. The number of nitrogens with zero attached hydrogens (tertiary/aromatic N) is 4. The van der Waals surface area contributed by atoms with E-state index < -0.39 is 11.9 Å². The van der Waals surface area contributed by atoms with Crippen molar-refractivity contribution in [2.45, 2.75) is 17.8 Å². The quantitative estimate of drug-likeness (QED) is 0.411. The molecular formula is C21H21F3N5O2S+. The Balaban J connectivity index is 1.33. The molecule has 1 aliphatic heterocycles. The Labute approximate surface area is 186 Å². The number of alkyl halides is 3. The monoisotopic (exact) mass is 464 g/mol. The highest BCUT2D eigenvalue weighted by Gasteiger charge is 2.34. The van der Waals surface area contributed by atoms with E-state index in [1.54, 1.807) is 11.0 Å². The number of hydrogen-bond acceptors (Lipinski definition) is 6. The zero-order valence-electron chi connectivity index (χ0n) is 17.0. The van der Waals surface area contributed by atoms with Crippen molar-refractivity contribution >= 4 is 23.5 Å². The molecule has 0 unspecified atom stereocenters. The molecule has 3 aromatic rings. The minimum absolute atomic E-state index is 0.0348. The summed E-state index contributed by atoms with van der Waals surface area (Å²) in [6, 6.07) is 9.82. The van der Waals surface area contributed by atoms with Crippen LogP contribution in [0.2, 0.25) is 0 Å². The highest BCUT2D eigenvalue weighted by Crippen LogP contribution is 2.32. The van der Waals surface area contributed by atoms with Gasteiger partial charge in [0, 0.05) is 18.2 Å². The molecule has 4 heterocycles. The number of amides is 1. The van der Waals surface area contributed by atoms with Crippen LogP contribution in [0.15, 0.2) is 58.4 Å². The number of pyridine rings is 1. The first-order valence-electron chi connectivity index (χ1n) is 10.0. The van der Waals surface area contributed by atoms with Gasteiger partial charge in [0.15, 0.2) is 10.9 Å². The minimum Gasteiger partial charge on any atom is -0.463 e. The molecule has 7 nitrogen and oxygen atoms in total. The Morgan fingerprint density at radius 3 is 2.59 bits per heavy atom. The predicted molar refractivity (Wildman–Crippen MR) is 112 cm³/mol. The van der Waals surface area contributed by atoms with Crippen molar-refractivity contribution in [2.75, 3.05) is 36.8 Å². The van der Waals surface area contributed by atoms with Gasteiger partial charge < -0.3 is 9.32 Å². The number of thioether (sulfide) groups is 1. The average molecular weight is 464 g/mol. The van der Waals surface area contributed by atoms with Gasteiger partial charge in [-0.25, -0.2) is 15.0 Å². The summed E-state index contributed by atoms with van der Waals surface area (Å²) in [5.74, 6) is 1.48. The number of nitrogens with one attached hydrogen (secondary N) is 1. The molecule has 1 saturated heterocycles. The van der Waals surface area contributed by atoms with Crippen LogP contribution in [0.1, 0.15) is 12.1 Å². The third kappa shape index (κ3) is 5.39. The summed E-state index contributed by atoms with van der Waals surface area (Å²) in [6.07, 6.45) is -1.19. The highest BCUT2D eigenvalue weighted by molar-refractivity contribution is 7.99. The van der Waals surface area contributed by atoms with Gasteiger partial charge >= 0.3 is 6.18 Å². The van der Waals surface area contributed by atoms with Gasteiger partial charge in [0.2, 0.25) is 5.91 Å². The number of halogens is 3. The summed E-state index contributed by atoms with van der Waals surface area (Å²) in [4.78, 5) is 27.5. The number of aromatic amines is 1. The molecule has 1 aliphatic rings. The molecule has 3 aromatic heterocycles. The molecule has 0 spiro atoms. The summed E-state index contributed by atoms with van der Waals surface area (Å²) in [5.41, 5.74) is -0.985. The molecule has 4 rings (SSSR count). The van der Waals surface area contributed by atoms with Crippen molar-refractivity contribution in [1.82, 2.24) is 14.9 Å². The largest absolute Gasteiger partial charge is 0.463 e. The lowest BCUT2D eigenvalue weighted by Crippen LogP contribution is -2.50. The second-order valence-electron chi connectivity index (χ2n) is 7.11. The topological polar surface area (TPSA) is 76.6 Å². The lowest BCUT2D eigenvalue weighted by atomic mass is 10.2. The van der Waals surface area contributed by atoms with Gasteiger partial charge in [-0.15, -0.1) is 0 Å². The number of carbonyl (C=O) groups excluding carboxylic acids is 1. The Morgan fingerprint density at radius 1 is 1.12 bits per heavy atom. The zero-order valence-corrected chi connectivity index (χ0v) is 17.8. The van der Waals surface area contributed by atoms with Crippen LogP contribution >= 0.6 is 11.8 Å². The summed E-state index contributed by atoms with van der Waals surface area (Å²) < 4.78 is 44.9. The fraction of sp³-hybridized carbons (Fsp3) is 0.333. The Morgan fingerprint density at radius 2 is 1.94 bits per heavy atom. The Bertz CT molecular complexity index is 1040. The standard InChI is InChI=1S/C21H20F3N5O2S/c22-21(23,24)17-14-15(16-4-3-12-31-16)26-20(27-17)32-13-6-19(30)29-10-8-28(9-11-29)18-5-1-2-7-25-18/h1-5,7,12,14H,6,8-11,13H2/p+1. The molecule has 11 heteroatoms. The van der Waals surface area contributed by atoms with E-state index in [0.29, 0.717) is 26.2 Å². The molecule has 32 heavy (non-hydrogen) atoms. The molecule has 0 aromatic carbocycles. The summed E-state index contributed by atoms with van der Waals surface area (Å²) in [7, 11) is 0. The maximum Gasteiger partial charge on any atom is 0.433 e. The number of piperazine rings is 1. The third-order valence-corrected chi connectivity index (χ3v) is 5.83. The second-order valence-corrected chi connectivity index (χ2v) is 8.17. The smallest absolute Gasteiger partial charge is 0.433 e. The molecule has 1 N–H and O–H groups in total. The average Bonchev–Trinajstić information content (AvgIpc) is 3.34. The number of H-pyrrole nitrogens is 1. The number of aromatic nitrogens is 3. The van der Waals surface area contributed by atoms with E-state index in [0.717, 1.165) is 23.6 Å². The van der Waals surface area contributed by atoms with E-state index in [-0.39, 0.29) is 34.7 Å². The highest BCUT2D eigenvalue weighted by atomic mass is 32.2. The van der Waals surface area contributed by atoms with Gasteiger partial charge in [-0.2, -0.15) is 13.2 Å². The Kier molecular flexibility index (Phi) is 6.63. The number of furan rings is 1. The van der Waals surface area contributed by atoms with Crippen LogP contribution in [-0.4, -0.2) is 52.7 Å². The second kappa shape index (κ2) is 9.60. The van der Waals surface area contributed by atoms with E-state index in [1.807, 2.05) is 24.4 Å². The molecular weight excluding hydrogens is 443 g/mol. The maximum absolute atomic E-state index is 13.2. The van der Waals surface area contributed by atoms with Crippen molar-refractivity contribution < 1.29 is 27.4 Å². The molecule has 168 valence electrons. The number of rotatable bonds is 6. The minimum atomic E-state index is -4.61. The van der Waals surface area contributed by atoms with E-state index in [2.05, 4.69) is 19.9 Å². The van der Waals surface area contributed by atoms with E-state index >= 15 is 0 Å². The van der Waals surface area contributed by atoms with Crippen molar-refractivity contribution in [3.8, 4) is 11.5 Å². The van der Waals surface area contributed by atoms with E-state index in [9.17, 15) is 18.0 Å². The SMILES string of the molecule is O=C(CCSc1nc(-c2ccco2)cc(C(F)(F)F)n1)N1CCN(c2cccc[nH+]2)CC1. The first kappa shape index (κ1) is 22.1. The van der Waals surface area contributed by atoms with E-state index in [1.165, 1.54) is 12.3 Å². The molecule has 0 atom stereocenters. The van der Waals surface area contributed by atoms with Crippen molar-refractivity contribution in [3.05, 3.63) is 54.6 Å². The summed E-state index contributed by atoms with van der Waals surface area (Å²) in [5, 5.41) is -0.0385. The molecule has 0 saturated carbocycles. The fourth-order valence-corrected chi connectivity index (χ4v) is 4.14. The van der Waals surface area contributed by atoms with Gasteiger partial charge in [0.1, 0.15) is 24.5 Å². The molecule has 0 bridgehead atoms. The predicted octanol–water partition coefficient (Wildman–Crippen LogP) is 3.40. The first-order chi connectivity index (χ1) is 15.4. The fourth-order valence-electron chi connectivity index (χ4n) is 3.35. The molecule has 1 amide bonds.